The average Bonchev–Trinajstić information content (AvgIpc) is 3.20. The first-order valence-electron chi connectivity index (χ1n) is 7.48. The first-order chi connectivity index (χ1) is 12.0. The molecule has 7 nitrogen and oxygen atoms in total. The van der Waals surface area contributed by atoms with Gasteiger partial charge in [-0.2, -0.15) is 0 Å². The van der Waals surface area contributed by atoms with Crippen LogP contribution in [0, 0.1) is 6.92 Å². The van der Waals surface area contributed by atoms with Gasteiger partial charge in [-0.15, -0.1) is 11.3 Å². The Labute approximate surface area is 145 Å². The van der Waals surface area contributed by atoms with Crippen molar-refractivity contribution in [3.63, 3.8) is 0 Å². The third-order valence-electron chi connectivity index (χ3n) is 3.81. The average molecular weight is 351 g/mol. The zero-order valence-corrected chi connectivity index (χ0v) is 14.0. The van der Waals surface area contributed by atoms with E-state index in [1.165, 1.54) is 15.9 Å². The van der Waals surface area contributed by atoms with Crippen LogP contribution in [-0.2, 0) is 0 Å². The van der Waals surface area contributed by atoms with E-state index in [9.17, 15) is 9.59 Å². The van der Waals surface area contributed by atoms with Crippen molar-refractivity contribution in [3.05, 3.63) is 63.5 Å². The third kappa shape index (κ3) is 2.52. The minimum Gasteiger partial charge on any atom is -0.364 e. The molecule has 1 amide bonds. The van der Waals surface area contributed by atoms with Gasteiger partial charge in [0.1, 0.15) is 10.5 Å². The van der Waals surface area contributed by atoms with E-state index in [0.29, 0.717) is 16.5 Å². The van der Waals surface area contributed by atoms with Gasteiger partial charge in [0, 0.05) is 5.56 Å². The van der Waals surface area contributed by atoms with E-state index >= 15 is 0 Å². The molecule has 0 bridgehead atoms. The quantitative estimate of drug-likeness (QED) is 0.590. The van der Waals surface area contributed by atoms with Crippen molar-refractivity contribution in [3.8, 4) is 16.4 Å². The predicted octanol–water partition coefficient (Wildman–Crippen LogP) is 2.24. The summed E-state index contributed by atoms with van der Waals surface area (Å²) in [6.07, 6.45) is 0. The number of carbonyl (C=O) groups excluding carboxylic acids is 1. The maximum Gasteiger partial charge on any atom is 0.333 e. The Hall–Kier alpha value is -3.26. The zero-order valence-electron chi connectivity index (χ0n) is 13.2. The van der Waals surface area contributed by atoms with Crippen LogP contribution in [-0.4, -0.2) is 25.4 Å². The number of rotatable bonds is 3. The lowest BCUT2D eigenvalue weighted by molar-refractivity contribution is 0.0997. The fourth-order valence-electron chi connectivity index (χ4n) is 2.60. The summed E-state index contributed by atoms with van der Waals surface area (Å²) in [7, 11) is 0. The molecule has 0 saturated heterocycles. The molecule has 0 spiro atoms. The summed E-state index contributed by atoms with van der Waals surface area (Å²) in [5.74, 6) is -0.383. The molecule has 124 valence electrons. The number of aromatic nitrogens is 4. The Balaban J connectivity index is 2.06. The van der Waals surface area contributed by atoms with Crippen molar-refractivity contribution < 1.29 is 4.79 Å². The van der Waals surface area contributed by atoms with Crippen molar-refractivity contribution >= 4 is 28.4 Å². The number of nitrogens with two attached hydrogens (primary N) is 1. The number of amides is 1. The van der Waals surface area contributed by atoms with E-state index in [-0.39, 0.29) is 11.2 Å². The highest BCUT2D eigenvalue weighted by molar-refractivity contribution is 7.12. The van der Waals surface area contributed by atoms with Crippen LogP contribution >= 0.6 is 11.3 Å². The molecule has 0 aliphatic rings. The van der Waals surface area contributed by atoms with Crippen LogP contribution in [0.1, 0.15) is 16.1 Å². The van der Waals surface area contributed by atoms with Gasteiger partial charge in [0.15, 0.2) is 17.2 Å². The number of aryl methyl sites for hydroxylation is 1. The molecule has 0 fully saturated rings. The first kappa shape index (κ1) is 15.3. The van der Waals surface area contributed by atoms with Crippen LogP contribution in [0.2, 0.25) is 0 Å². The van der Waals surface area contributed by atoms with Crippen LogP contribution in [0.4, 0.5) is 0 Å². The Kier molecular flexibility index (Phi) is 3.47. The van der Waals surface area contributed by atoms with Crippen molar-refractivity contribution in [2.24, 2.45) is 5.73 Å². The lowest BCUT2D eigenvalue weighted by Gasteiger charge is -2.05. The minimum absolute atomic E-state index is 0.00650. The first-order valence-corrected chi connectivity index (χ1v) is 8.36. The molecule has 0 unspecified atom stereocenters. The highest BCUT2D eigenvalue weighted by Gasteiger charge is 2.20. The Bertz CT molecular complexity index is 1140. The largest absolute Gasteiger partial charge is 0.364 e. The number of thiophene rings is 1. The standard InChI is InChI=1S/C17H13N5O2S/c1-9-4-6-10(7-5-9)15-19-12(14(18)23)13-16(21-15)22(17(24)20-13)11-3-2-8-25-11/h2-8H,1H3,(H2,18,23)(H,20,24). The zero-order chi connectivity index (χ0) is 17.6. The number of carbonyl (C=O) groups is 1. The molecule has 3 aromatic heterocycles. The van der Waals surface area contributed by atoms with Crippen molar-refractivity contribution in [1.82, 2.24) is 19.5 Å². The highest BCUT2D eigenvalue weighted by Crippen LogP contribution is 2.23. The summed E-state index contributed by atoms with van der Waals surface area (Å²) in [6.45, 7) is 1.98. The van der Waals surface area contributed by atoms with Crippen LogP contribution in [0.15, 0.2) is 46.6 Å². The van der Waals surface area contributed by atoms with E-state index < -0.39 is 11.6 Å². The second-order valence-electron chi connectivity index (χ2n) is 5.54. The highest BCUT2D eigenvalue weighted by atomic mass is 32.1. The maximum atomic E-state index is 12.4. The summed E-state index contributed by atoms with van der Waals surface area (Å²) < 4.78 is 1.42. The van der Waals surface area contributed by atoms with E-state index in [4.69, 9.17) is 5.73 Å². The van der Waals surface area contributed by atoms with Crippen LogP contribution < -0.4 is 11.4 Å². The number of fused-ring (bicyclic) bond motifs is 1. The second kappa shape index (κ2) is 5.67. The predicted molar refractivity (Wildman–Crippen MR) is 96.1 cm³/mol. The van der Waals surface area contributed by atoms with Gasteiger partial charge in [-0.3, -0.25) is 4.79 Å². The minimum atomic E-state index is -0.722. The molecule has 0 radical (unpaired) electrons. The number of hydrogen-bond donors (Lipinski definition) is 2. The molecule has 4 aromatic rings. The van der Waals surface area contributed by atoms with Gasteiger partial charge in [-0.25, -0.2) is 19.3 Å². The molecule has 8 heteroatoms. The van der Waals surface area contributed by atoms with Gasteiger partial charge in [0.25, 0.3) is 5.91 Å². The molecule has 0 aliphatic heterocycles. The van der Waals surface area contributed by atoms with Gasteiger partial charge in [0.05, 0.1) is 0 Å². The number of nitrogens with one attached hydrogen (secondary N) is 1. The molecule has 0 saturated carbocycles. The monoisotopic (exact) mass is 351 g/mol. The molecule has 1 aromatic carbocycles. The third-order valence-corrected chi connectivity index (χ3v) is 4.66. The summed E-state index contributed by atoms with van der Waals surface area (Å²) >= 11 is 1.39. The molecular formula is C17H13N5O2S. The number of aromatic amines is 1. The number of nitrogens with zero attached hydrogens (tertiary/aromatic N) is 3. The van der Waals surface area contributed by atoms with E-state index in [1.54, 1.807) is 6.07 Å². The summed E-state index contributed by atoms with van der Waals surface area (Å²) in [4.78, 5) is 35.7. The van der Waals surface area contributed by atoms with Gasteiger partial charge < -0.3 is 10.7 Å². The lowest BCUT2D eigenvalue weighted by atomic mass is 10.1. The van der Waals surface area contributed by atoms with Gasteiger partial charge in [0.2, 0.25) is 0 Å². The number of hydrogen-bond acceptors (Lipinski definition) is 5. The Morgan fingerprint density at radius 2 is 1.96 bits per heavy atom. The number of imidazole rings is 1. The number of benzene rings is 1. The summed E-state index contributed by atoms with van der Waals surface area (Å²) in [6, 6.07) is 11.2. The Morgan fingerprint density at radius 1 is 1.20 bits per heavy atom. The van der Waals surface area contributed by atoms with Crippen molar-refractivity contribution in [2.75, 3.05) is 0 Å². The van der Waals surface area contributed by atoms with Crippen molar-refractivity contribution in [1.29, 1.82) is 0 Å². The topological polar surface area (TPSA) is 107 Å². The fourth-order valence-corrected chi connectivity index (χ4v) is 3.32. The van der Waals surface area contributed by atoms with E-state index in [2.05, 4.69) is 15.0 Å². The van der Waals surface area contributed by atoms with Crippen LogP contribution in [0.5, 0.6) is 0 Å². The van der Waals surface area contributed by atoms with Gasteiger partial charge in [-0.1, -0.05) is 29.8 Å². The summed E-state index contributed by atoms with van der Waals surface area (Å²) in [5, 5.41) is 2.55. The number of primary amides is 1. The maximum absolute atomic E-state index is 12.4. The second-order valence-corrected chi connectivity index (χ2v) is 6.47. The Morgan fingerprint density at radius 3 is 2.60 bits per heavy atom. The molecule has 3 N–H and O–H groups in total. The fraction of sp³-hybridized carbons (Fsp3) is 0.0588. The van der Waals surface area contributed by atoms with E-state index in [1.807, 2.05) is 42.6 Å². The van der Waals surface area contributed by atoms with Crippen LogP contribution in [0.3, 0.4) is 0 Å². The molecule has 0 atom stereocenters. The molecule has 4 rings (SSSR count). The molecule has 3 heterocycles. The molecule has 0 aliphatic carbocycles. The SMILES string of the molecule is Cc1ccc(-c2nc(C(N)=O)c3[nH]c(=O)n(-c4cccs4)c3n2)cc1. The van der Waals surface area contributed by atoms with E-state index in [0.717, 1.165) is 11.1 Å². The molecular weight excluding hydrogens is 338 g/mol. The molecule has 25 heavy (non-hydrogen) atoms. The van der Waals surface area contributed by atoms with Crippen LogP contribution in [0.25, 0.3) is 27.6 Å². The summed E-state index contributed by atoms with van der Waals surface area (Å²) in [5.41, 5.74) is 7.47. The van der Waals surface area contributed by atoms with Crippen molar-refractivity contribution in [2.45, 2.75) is 6.92 Å². The van der Waals surface area contributed by atoms with Gasteiger partial charge in [-0.05, 0) is 24.4 Å². The number of H-pyrrole nitrogens is 1. The smallest absolute Gasteiger partial charge is 0.333 e. The lowest BCUT2D eigenvalue weighted by Crippen LogP contribution is -2.15. The van der Waals surface area contributed by atoms with Gasteiger partial charge >= 0.3 is 5.69 Å². The normalized spacial score (nSPS) is 11.1.